The molecule has 1 fully saturated rings. The predicted molar refractivity (Wildman–Crippen MR) is 129 cm³/mol. The zero-order chi connectivity index (χ0) is 24.1. The van der Waals surface area contributed by atoms with Crippen molar-refractivity contribution >= 4 is 23.3 Å². The van der Waals surface area contributed by atoms with E-state index in [0.29, 0.717) is 49.4 Å². The molecule has 0 unspecified atom stereocenters. The fraction of sp³-hybridized carbons (Fsp3) is 0.269. The number of hydrogen-bond donors (Lipinski definition) is 2. The molecule has 0 spiro atoms. The number of pyridine rings is 1. The number of rotatable bonds is 9. The van der Waals surface area contributed by atoms with Crippen molar-refractivity contribution in [1.82, 2.24) is 10.3 Å². The first-order chi connectivity index (χ1) is 16.4. The van der Waals surface area contributed by atoms with Crippen molar-refractivity contribution in [2.75, 3.05) is 17.2 Å². The van der Waals surface area contributed by atoms with Crippen LogP contribution in [0.25, 0.3) is 11.1 Å². The molecule has 34 heavy (non-hydrogen) atoms. The molecule has 3 aromatic rings. The van der Waals surface area contributed by atoms with Crippen molar-refractivity contribution < 1.29 is 18.7 Å². The third-order valence-corrected chi connectivity index (χ3v) is 5.81. The number of carbonyl (C=O) groups is 2. The van der Waals surface area contributed by atoms with Gasteiger partial charge in [0.05, 0.1) is 12.2 Å². The molecule has 1 amide bonds. The number of hydrogen-bond acceptors (Lipinski definition) is 6. The zero-order valence-electron chi connectivity index (χ0n) is 19.0. The molecule has 1 atom stereocenters. The van der Waals surface area contributed by atoms with Crippen LogP contribution in [0.3, 0.4) is 0 Å². The first-order valence-corrected chi connectivity index (χ1v) is 11.2. The van der Waals surface area contributed by atoms with Crippen LogP contribution in [0.4, 0.5) is 20.6 Å². The number of ketones is 1. The number of nitrogens with zero attached hydrogens (tertiary/aromatic N) is 2. The van der Waals surface area contributed by atoms with E-state index in [4.69, 9.17) is 10.5 Å². The topological polar surface area (TPSA) is 97.5 Å². The lowest BCUT2D eigenvalue weighted by Crippen LogP contribution is -2.24. The fourth-order valence-electron chi connectivity index (χ4n) is 3.88. The molecule has 7 nitrogen and oxygen atoms in total. The van der Waals surface area contributed by atoms with Crippen molar-refractivity contribution in [3.63, 3.8) is 0 Å². The molecule has 0 bridgehead atoms. The molecule has 2 aromatic carbocycles. The Kier molecular flexibility index (Phi) is 7.18. The highest BCUT2D eigenvalue weighted by atomic mass is 19.1. The van der Waals surface area contributed by atoms with Gasteiger partial charge in [-0.05, 0) is 48.7 Å². The monoisotopic (exact) mass is 462 g/mol. The highest BCUT2D eigenvalue weighted by Crippen LogP contribution is 2.30. The van der Waals surface area contributed by atoms with E-state index in [1.165, 1.54) is 17.9 Å². The fourth-order valence-corrected chi connectivity index (χ4v) is 3.88. The van der Waals surface area contributed by atoms with Crippen LogP contribution in [0.5, 0.6) is 0 Å². The second-order valence-corrected chi connectivity index (χ2v) is 8.40. The summed E-state index contributed by atoms with van der Waals surface area (Å²) >= 11 is 0. The second-order valence-electron chi connectivity index (χ2n) is 8.40. The minimum atomic E-state index is -0.523. The summed E-state index contributed by atoms with van der Waals surface area (Å²) in [7, 11) is 0. The average molecular weight is 463 g/mol. The number of nitrogens with two attached hydrogens (primary N) is 1. The van der Waals surface area contributed by atoms with Crippen LogP contribution in [0.1, 0.15) is 30.9 Å². The summed E-state index contributed by atoms with van der Waals surface area (Å²) in [6, 6.07) is 14.1. The Morgan fingerprint density at radius 1 is 1.21 bits per heavy atom. The number of carbonyl (C=O) groups excluding carboxylic acids is 2. The number of Topliss-reactive ketones (excluding diaryl/α,β-unsaturated/α-hetero) is 1. The van der Waals surface area contributed by atoms with Crippen molar-refractivity contribution in [3.05, 3.63) is 77.9 Å². The summed E-state index contributed by atoms with van der Waals surface area (Å²) in [4.78, 5) is 28.9. The third kappa shape index (κ3) is 5.58. The molecule has 1 aliphatic heterocycles. The van der Waals surface area contributed by atoms with Crippen LogP contribution in [0.15, 0.2) is 60.9 Å². The van der Waals surface area contributed by atoms with Gasteiger partial charge in [0.1, 0.15) is 17.7 Å². The van der Waals surface area contributed by atoms with E-state index in [0.717, 1.165) is 16.7 Å². The van der Waals surface area contributed by atoms with E-state index in [-0.39, 0.29) is 11.9 Å². The molecule has 0 radical (unpaired) electrons. The summed E-state index contributed by atoms with van der Waals surface area (Å²) in [5.41, 5.74) is 10.3. The second kappa shape index (κ2) is 10.4. The Balaban J connectivity index is 1.37. The van der Waals surface area contributed by atoms with E-state index in [1.54, 1.807) is 30.6 Å². The largest absolute Gasteiger partial charge is 0.444 e. The van der Waals surface area contributed by atoms with Gasteiger partial charge in [-0.2, -0.15) is 0 Å². The van der Waals surface area contributed by atoms with Crippen molar-refractivity contribution in [3.8, 4) is 11.1 Å². The van der Waals surface area contributed by atoms with Crippen molar-refractivity contribution in [1.29, 1.82) is 0 Å². The lowest BCUT2D eigenvalue weighted by atomic mass is 10.0. The van der Waals surface area contributed by atoms with Gasteiger partial charge in [-0.25, -0.2) is 9.18 Å². The van der Waals surface area contributed by atoms with Crippen molar-refractivity contribution in [2.45, 2.75) is 39.0 Å². The minimum absolute atomic E-state index is 0.0462. The zero-order valence-corrected chi connectivity index (χ0v) is 19.0. The van der Waals surface area contributed by atoms with Crippen molar-refractivity contribution in [2.24, 2.45) is 0 Å². The summed E-state index contributed by atoms with van der Waals surface area (Å²) < 4.78 is 20.3. The van der Waals surface area contributed by atoms with E-state index in [2.05, 4.69) is 10.3 Å². The Bertz CT molecular complexity index is 1180. The summed E-state index contributed by atoms with van der Waals surface area (Å²) in [6.07, 6.45) is 3.33. The molecule has 0 saturated carbocycles. The number of nitrogen functional groups attached to an aromatic ring is 1. The number of anilines is 2. The number of aromatic nitrogens is 1. The molecular weight excluding hydrogens is 435 g/mol. The highest BCUT2D eigenvalue weighted by Gasteiger charge is 2.32. The predicted octanol–water partition coefficient (Wildman–Crippen LogP) is 4.45. The first kappa shape index (κ1) is 23.4. The van der Waals surface area contributed by atoms with E-state index >= 15 is 0 Å². The normalized spacial score (nSPS) is 15.4. The Morgan fingerprint density at radius 3 is 2.71 bits per heavy atom. The third-order valence-electron chi connectivity index (χ3n) is 5.81. The highest BCUT2D eigenvalue weighted by molar-refractivity contribution is 5.90. The van der Waals surface area contributed by atoms with E-state index in [1.807, 2.05) is 24.3 Å². The molecule has 1 saturated heterocycles. The van der Waals surface area contributed by atoms with Gasteiger partial charge in [0.15, 0.2) is 0 Å². The summed E-state index contributed by atoms with van der Waals surface area (Å²) in [5, 5.41) is 3.33. The molecule has 4 rings (SSSR count). The molecule has 1 aromatic heterocycles. The van der Waals surface area contributed by atoms with Gasteiger partial charge in [0.25, 0.3) is 0 Å². The Hall–Kier alpha value is -3.78. The van der Waals surface area contributed by atoms with Gasteiger partial charge < -0.3 is 20.6 Å². The van der Waals surface area contributed by atoms with Crippen LogP contribution < -0.4 is 16.0 Å². The van der Waals surface area contributed by atoms with Crippen LogP contribution in [-0.2, 0) is 22.6 Å². The number of benzene rings is 2. The van der Waals surface area contributed by atoms with Gasteiger partial charge in [0, 0.05) is 48.7 Å². The standard InChI is InChI=1S/C26H27FN4O3/c1-17(32)2-8-22-16-31(26(33)34-22)21-7-9-23(24(27)12-21)19-5-3-18(4-6-19)13-30-15-20-14-29-11-10-25(20)28/h3-7,9-12,14,22,30H,2,8,13,15-16H2,1H3,(H2,28,29)/t22-/m0/s1. The molecule has 0 aliphatic carbocycles. The minimum Gasteiger partial charge on any atom is -0.444 e. The maximum absolute atomic E-state index is 14.9. The van der Waals surface area contributed by atoms with Gasteiger partial charge in [-0.15, -0.1) is 0 Å². The Morgan fingerprint density at radius 2 is 2.00 bits per heavy atom. The number of halogens is 1. The summed E-state index contributed by atoms with van der Waals surface area (Å²) in [5.74, 6) is -0.375. The smallest absolute Gasteiger partial charge is 0.414 e. The maximum atomic E-state index is 14.9. The first-order valence-electron chi connectivity index (χ1n) is 11.2. The van der Waals surface area contributed by atoms with E-state index in [9.17, 15) is 14.0 Å². The van der Waals surface area contributed by atoms with E-state index < -0.39 is 11.9 Å². The van der Waals surface area contributed by atoms with Gasteiger partial charge in [-0.1, -0.05) is 24.3 Å². The number of nitrogens with one attached hydrogen (secondary N) is 1. The molecule has 1 aliphatic rings. The average Bonchev–Trinajstić information content (AvgIpc) is 3.20. The number of cyclic esters (lactones) is 1. The van der Waals surface area contributed by atoms with Gasteiger partial charge >= 0.3 is 6.09 Å². The van der Waals surface area contributed by atoms with Crippen LogP contribution >= 0.6 is 0 Å². The summed E-state index contributed by atoms with van der Waals surface area (Å²) in [6.45, 7) is 3.05. The lowest BCUT2D eigenvalue weighted by Gasteiger charge is -2.14. The molecule has 176 valence electrons. The molecule has 2 heterocycles. The van der Waals surface area contributed by atoms with Crippen LogP contribution in [0.2, 0.25) is 0 Å². The van der Waals surface area contributed by atoms with Gasteiger partial charge in [0.2, 0.25) is 0 Å². The number of ether oxygens (including phenoxy) is 1. The quantitative estimate of drug-likeness (QED) is 0.488. The number of amides is 1. The SMILES string of the molecule is CC(=O)CC[C@H]1CN(c2ccc(-c3ccc(CNCc4cnccc4N)cc3)c(F)c2)C(=O)O1. The molecule has 8 heteroatoms. The lowest BCUT2D eigenvalue weighted by molar-refractivity contribution is -0.117. The Labute approximate surface area is 197 Å². The molecular formula is C26H27FN4O3. The van der Waals surface area contributed by atoms with Crippen LogP contribution in [0, 0.1) is 5.82 Å². The van der Waals surface area contributed by atoms with Gasteiger partial charge in [-0.3, -0.25) is 9.88 Å². The van der Waals surface area contributed by atoms with Crippen LogP contribution in [-0.4, -0.2) is 29.5 Å². The maximum Gasteiger partial charge on any atom is 0.414 e. The molecule has 3 N–H and O–H groups in total.